The summed E-state index contributed by atoms with van der Waals surface area (Å²) in [4.78, 5) is 14.2. The van der Waals surface area contributed by atoms with E-state index in [1.807, 2.05) is 4.90 Å². The van der Waals surface area contributed by atoms with Gasteiger partial charge < -0.3 is 4.90 Å². The molecule has 0 saturated carbocycles. The van der Waals surface area contributed by atoms with Gasteiger partial charge in [0.2, 0.25) is 5.91 Å². The Morgan fingerprint density at radius 2 is 2.27 bits per heavy atom. The lowest BCUT2D eigenvalue weighted by molar-refractivity contribution is -0.130. The van der Waals surface area contributed by atoms with E-state index in [0.29, 0.717) is 32.5 Å². The van der Waals surface area contributed by atoms with Gasteiger partial charge in [-0.25, -0.2) is 0 Å². The van der Waals surface area contributed by atoms with Gasteiger partial charge >= 0.3 is 0 Å². The lowest BCUT2D eigenvalue weighted by atomic mass is 10.0. The molecule has 1 amide bonds. The third kappa shape index (κ3) is 3.34. The van der Waals surface area contributed by atoms with Crippen LogP contribution in [0.25, 0.3) is 5.65 Å². The summed E-state index contributed by atoms with van der Waals surface area (Å²) in [5.74, 6) is 1.06. The Morgan fingerprint density at radius 1 is 1.45 bits per heavy atom. The molecule has 118 valence electrons. The number of hydrogen-bond donors (Lipinski definition) is 0. The van der Waals surface area contributed by atoms with Crippen LogP contribution in [0.2, 0.25) is 10.0 Å². The summed E-state index contributed by atoms with van der Waals surface area (Å²) in [6.45, 7) is 3.88. The predicted octanol–water partition coefficient (Wildman–Crippen LogP) is 3.39. The van der Waals surface area contributed by atoms with Gasteiger partial charge in [-0.15, -0.1) is 10.2 Å². The van der Waals surface area contributed by atoms with E-state index in [4.69, 9.17) is 23.2 Å². The molecule has 0 radical (unpaired) electrons. The third-order valence-corrected chi connectivity index (χ3v) is 5.14. The average molecular weight is 359 g/mol. The molecule has 1 fully saturated rings. The maximum atomic E-state index is 12.3. The lowest BCUT2D eigenvalue weighted by Gasteiger charge is -2.30. The highest BCUT2D eigenvalue weighted by Crippen LogP contribution is 2.25. The number of nitrogens with zero attached hydrogens (tertiary/aromatic N) is 4. The number of carbonyl (C=O) groups is 1. The zero-order valence-electron chi connectivity index (χ0n) is 12.1. The quantitative estimate of drug-likeness (QED) is 0.789. The molecule has 0 N–H and O–H groups in total. The minimum atomic E-state index is 0.140. The van der Waals surface area contributed by atoms with Gasteiger partial charge in [0.05, 0.1) is 15.8 Å². The van der Waals surface area contributed by atoms with Crippen molar-refractivity contribution in [3.63, 3.8) is 0 Å². The molecule has 1 saturated heterocycles. The van der Waals surface area contributed by atoms with E-state index < -0.39 is 0 Å². The second-order valence-electron chi connectivity index (χ2n) is 5.56. The van der Waals surface area contributed by atoms with Crippen LogP contribution in [0.5, 0.6) is 0 Å². The van der Waals surface area contributed by atoms with Crippen LogP contribution in [0.3, 0.4) is 0 Å². The largest absolute Gasteiger partial charge is 0.342 e. The summed E-state index contributed by atoms with van der Waals surface area (Å²) >= 11 is 13.4. The Balaban J connectivity index is 1.70. The second-order valence-corrected chi connectivity index (χ2v) is 7.34. The molecule has 8 heteroatoms. The number of fused-ring (bicyclic) bond motifs is 1. The Hall–Kier alpha value is -0.980. The SMILES string of the molecule is C[C@H]1CCCN(C(=O)CSc2nnc3c(Cl)cc(Cl)cn23)C1. The minimum absolute atomic E-state index is 0.140. The van der Waals surface area contributed by atoms with Crippen LogP contribution in [0.1, 0.15) is 19.8 Å². The number of halogens is 2. The minimum Gasteiger partial charge on any atom is -0.342 e. The first kappa shape index (κ1) is 15.9. The fourth-order valence-electron chi connectivity index (χ4n) is 2.63. The molecule has 5 nitrogen and oxygen atoms in total. The van der Waals surface area contributed by atoms with Gasteiger partial charge in [-0.1, -0.05) is 41.9 Å². The highest BCUT2D eigenvalue weighted by atomic mass is 35.5. The van der Waals surface area contributed by atoms with Gasteiger partial charge in [-0.3, -0.25) is 9.20 Å². The molecule has 1 aliphatic heterocycles. The molecular weight excluding hydrogens is 343 g/mol. The third-order valence-electron chi connectivity index (χ3n) is 3.73. The number of aromatic nitrogens is 3. The zero-order chi connectivity index (χ0) is 15.7. The molecule has 0 spiro atoms. The van der Waals surface area contributed by atoms with Crippen LogP contribution < -0.4 is 0 Å². The number of carbonyl (C=O) groups excluding carboxylic acids is 1. The summed E-state index contributed by atoms with van der Waals surface area (Å²) in [6, 6.07) is 1.63. The second kappa shape index (κ2) is 6.64. The van der Waals surface area contributed by atoms with E-state index in [9.17, 15) is 4.79 Å². The molecule has 3 heterocycles. The highest BCUT2D eigenvalue weighted by molar-refractivity contribution is 7.99. The molecule has 0 aromatic carbocycles. The summed E-state index contributed by atoms with van der Waals surface area (Å²) < 4.78 is 1.72. The number of hydrogen-bond acceptors (Lipinski definition) is 4. The standard InChI is InChI=1S/C14H16Cl2N4OS/c1-9-3-2-4-19(6-9)12(21)8-22-14-18-17-13-11(16)5-10(15)7-20(13)14/h5,7,9H,2-4,6,8H2,1H3/t9-/m0/s1. The van der Waals surface area contributed by atoms with Crippen molar-refractivity contribution < 1.29 is 4.79 Å². The Labute approximate surface area is 143 Å². The Bertz CT molecular complexity index is 705. The first-order valence-electron chi connectivity index (χ1n) is 7.15. The van der Waals surface area contributed by atoms with Gasteiger partial charge in [0, 0.05) is 19.3 Å². The highest BCUT2D eigenvalue weighted by Gasteiger charge is 2.21. The van der Waals surface area contributed by atoms with Gasteiger partial charge in [-0.05, 0) is 24.8 Å². The molecule has 3 rings (SSSR count). The molecule has 0 bridgehead atoms. The number of rotatable bonds is 3. The van der Waals surface area contributed by atoms with Crippen molar-refractivity contribution in [3.8, 4) is 0 Å². The number of piperidine rings is 1. The Morgan fingerprint density at radius 3 is 3.05 bits per heavy atom. The van der Waals surface area contributed by atoms with E-state index in [2.05, 4.69) is 17.1 Å². The van der Waals surface area contributed by atoms with E-state index in [1.54, 1.807) is 16.7 Å². The van der Waals surface area contributed by atoms with E-state index in [1.165, 1.54) is 18.2 Å². The molecule has 0 aliphatic carbocycles. The van der Waals surface area contributed by atoms with Crippen molar-refractivity contribution in [1.82, 2.24) is 19.5 Å². The number of amides is 1. The van der Waals surface area contributed by atoms with Gasteiger partial charge in [0.1, 0.15) is 0 Å². The van der Waals surface area contributed by atoms with Crippen molar-refractivity contribution >= 4 is 46.5 Å². The maximum Gasteiger partial charge on any atom is 0.233 e. The Kier molecular flexibility index (Phi) is 4.80. The van der Waals surface area contributed by atoms with Crippen LogP contribution in [0.15, 0.2) is 17.4 Å². The van der Waals surface area contributed by atoms with Crippen LogP contribution in [0, 0.1) is 5.92 Å². The van der Waals surface area contributed by atoms with Gasteiger partial charge in [0.15, 0.2) is 10.8 Å². The van der Waals surface area contributed by atoms with Crippen molar-refractivity contribution in [3.05, 3.63) is 22.3 Å². The molecular formula is C14H16Cl2N4OS. The molecule has 22 heavy (non-hydrogen) atoms. The summed E-state index contributed by atoms with van der Waals surface area (Å²) in [6.07, 6.45) is 3.98. The van der Waals surface area contributed by atoms with Crippen molar-refractivity contribution in [2.75, 3.05) is 18.8 Å². The topological polar surface area (TPSA) is 50.5 Å². The van der Waals surface area contributed by atoms with Crippen molar-refractivity contribution in [2.45, 2.75) is 24.9 Å². The van der Waals surface area contributed by atoms with Gasteiger partial charge in [-0.2, -0.15) is 0 Å². The summed E-state index contributed by atoms with van der Waals surface area (Å²) in [5, 5.41) is 9.71. The smallest absolute Gasteiger partial charge is 0.233 e. The van der Waals surface area contributed by atoms with E-state index in [-0.39, 0.29) is 5.91 Å². The molecule has 2 aromatic heterocycles. The van der Waals surface area contributed by atoms with Crippen LogP contribution in [-0.2, 0) is 4.79 Å². The average Bonchev–Trinajstić information content (AvgIpc) is 2.88. The molecule has 0 unspecified atom stereocenters. The maximum absolute atomic E-state index is 12.3. The van der Waals surface area contributed by atoms with E-state index >= 15 is 0 Å². The monoisotopic (exact) mass is 358 g/mol. The number of likely N-dealkylation sites (tertiary alicyclic amines) is 1. The molecule has 2 aromatic rings. The molecule has 1 aliphatic rings. The lowest BCUT2D eigenvalue weighted by Crippen LogP contribution is -2.40. The summed E-state index contributed by atoms with van der Waals surface area (Å²) in [7, 11) is 0. The van der Waals surface area contributed by atoms with Crippen LogP contribution in [-0.4, -0.2) is 44.2 Å². The van der Waals surface area contributed by atoms with Crippen LogP contribution >= 0.6 is 35.0 Å². The van der Waals surface area contributed by atoms with Crippen molar-refractivity contribution in [2.24, 2.45) is 5.92 Å². The normalized spacial score (nSPS) is 18.9. The number of pyridine rings is 1. The fraction of sp³-hybridized carbons (Fsp3) is 0.500. The van der Waals surface area contributed by atoms with Crippen molar-refractivity contribution in [1.29, 1.82) is 0 Å². The predicted molar refractivity (Wildman–Crippen MR) is 88.7 cm³/mol. The summed E-state index contributed by atoms with van der Waals surface area (Å²) in [5.41, 5.74) is 0.549. The fourth-order valence-corrected chi connectivity index (χ4v) is 3.96. The molecule has 1 atom stereocenters. The zero-order valence-corrected chi connectivity index (χ0v) is 14.5. The van der Waals surface area contributed by atoms with E-state index in [0.717, 1.165) is 19.5 Å². The first-order chi connectivity index (χ1) is 10.5. The van der Waals surface area contributed by atoms with Crippen LogP contribution in [0.4, 0.5) is 0 Å². The first-order valence-corrected chi connectivity index (χ1v) is 8.89. The van der Waals surface area contributed by atoms with Gasteiger partial charge in [0.25, 0.3) is 0 Å². The number of thioether (sulfide) groups is 1.